The molecule has 1 N–H and O–H groups in total. The standard InChI is InChI=1S/C19H19ClFNO5/c1-4-26-17-9-12(5-8-16(17)25-3)19(24)27-11(2)18(23)22-15-7-6-13(21)10-14(15)20/h5-11H,4H2,1-3H3,(H,22,23)/t11-/m0/s1. The largest absolute Gasteiger partial charge is 0.493 e. The number of anilines is 1. The fraction of sp³-hybridized carbons (Fsp3) is 0.263. The van der Waals surface area contributed by atoms with E-state index in [1.165, 1.54) is 32.2 Å². The highest BCUT2D eigenvalue weighted by Gasteiger charge is 2.21. The van der Waals surface area contributed by atoms with Gasteiger partial charge in [0.2, 0.25) is 0 Å². The Morgan fingerprint density at radius 2 is 1.93 bits per heavy atom. The second kappa shape index (κ2) is 9.23. The van der Waals surface area contributed by atoms with Gasteiger partial charge in [0.1, 0.15) is 5.82 Å². The zero-order valence-corrected chi connectivity index (χ0v) is 15.8. The van der Waals surface area contributed by atoms with Crippen molar-refractivity contribution in [3.05, 3.63) is 52.8 Å². The van der Waals surface area contributed by atoms with Crippen molar-refractivity contribution in [2.75, 3.05) is 19.0 Å². The fourth-order valence-electron chi connectivity index (χ4n) is 2.18. The van der Waals surface area contributed by atoms with Gasteiger partial charge in [-0.3, -0.25) is 4.79 Å². The summed E-state index contributed by atoms with van der Waals surface area (Å²) in [7, 11) is 1.49. The summed E-state index contributed by atoms with van der Waals surface area (Å²) in [5, 5.41) is 2.52. The average Bonchev–Trinajstić information content (AvgIpc) is 2.64. The number of nitrogens with one attached hydrogen (secondary N) is 1. The van der Waals surface area contributed by atoms with E-state index in [-0.39, 0.29) is 16.3 Å². The molecule has 144 valence electrons. The number of carbonyl (C=O) groups excluding carboxylic acids is 2. The van der Waals surface area contributed by atoms with E-state index in [1.54, 1.807) is 13.0 Å². The van der Waals surface area contributed by atoms with Crippen LogP contribution in [0, 0.1) is 5.82 Å². The summed E-state index contributed by atoms with van der Waals surface area (Å²) in [6.45, 7) is 3.61. The van der Waals surface area contributed by atoms with Crippen LogP contribution in [-0.2, 0) is 9.53 Å². The average molecular weight is 396 g/mol. The van der Waals surface area contributed by atoms with Gasteiger partial charge >= 0.3 is 5.97 Å². The van der Waals surface area contributed by atoms with Crippen molar-refractivity contribution in [3.8, 4) is 11.5 Å². The van der Waals surface area contributed by atoms with Crippen molar-refractivity contribution in [3.63, 3.8) is 0 Å². The van der Waals surface area contributed by atoms with Crippen molar-refractivity contribution in [1.29, 1.82) is 0 Å². The lowest BCUT2D eigenvalue weighted by Crippen LogP contribution is -2.30. The molecule has 0 saturated heterocycles. The maximum Gasteiger partial charge on any atom is 0.339 e. The quantitative estimate of drug-likeness (QED) is 0.715. The van der Waals surface area contributed by atoms with Gasteiger partial charge in [0.25, 0.3) is 5.91 Å². The number of carbonyl (C=O) groups is 2. The normalized spacial score (nSPS) is 11.4. The van der Waals surface area contributed by atoms with Gasteiger partial charge in [0.05, 0.1) is 30.0 Å². The van der Waals surface area contributed by atoms with Crippen molar-refractivity contribution < 1.29 is 28.2 Å². The first-order valence-electron chi connectivity index (χ1n) is 8.13. The van der Waals surface area contributed by atoms with Crippen molar-refractivity contribution in [2.45, 2.75) is 20.0 Å². The highest BCUT2D eigenvalue weighted by molar-refractivity contribution is 6.33. The molecular formula is C19H19ClFNO5. The number of hydrogen-bond acceptors (Lipinski definition) is 5. The second-order valence-electron chi connectivity index (χ2n) is 5.46. The van der Waals surface area contributed by atoms with E-state index in [0.717, 1.165) is 12.1 Å². The predicted octanol–water partition coefficient (Wildman–Crippen LogP) is 4.07. The Balaban J connectivity index is 2.06. The summed E-state index contributed by atoms with van der Waals surface area (Å²) in [4.78, 5) is 24.5. The van der Waals surface area contributed by atoms with E-state index >= 15 is 0 Å². The predicted molar refractivity (Wildman–Crippen MR) is 99.1 cm³/mol. The number of halogens is 2. The molecule has 0 aliphatic rings. The summed E-state index contributed by atoms with van der Waals surface area (Å²) in [5.41, 5.74) is 0.424. The minimum Gasteiger partial charge on any atom is -0.493 e. The van der Waals surface area contributed by atoms with E-state index in [9.17, 15) is 14.0 Å². The lowest BCUT2D eigenvalue weighted by atomic mass is 10.2. The summed E-state index contributed by atoms with van der Waals surface area (Å²) in [5.74, 6) is -0.960. The van der Waals surface area contributed by atoms with Gasteiger partial charge in [-0.1, -0.05) is 11.6 Å². The Morgan fingerprint density at radius 3 is 2.56 bits per heavy atom. The van der Waals surface area contributed by atoms with Crippen molar-refractivity contribution >= 4 is 29.2 Å². The molecule has 27 heavy (non-hydrogen) atoms. The molecule has 0 radical (unpaired) electrons. The summed E-state index contributed by atoms with van der Waals surface area (Å²) < 4.78 is 28.8. The van der Waals surface area contributed by atoms with Crippen LogP contribution >= 0.6 is 11.6 Å². The molecule has 0 fully saturated rings. The highest BCUT2D eigenvalue weighted by atomic mass is 35.5. The summed E-state index contributed by atoms with van der Waals surface area (Å²) >= 11 is 5.87. The molecule has 0 aromatic heterocycles. The number of rotatable bonds is 7. The van der Waals surface area contributed by atoms with E-state index in [4.69, 9.17) is 25.8 Å². The highest BCUT2D eigenvalue weighted by Crippen LogP contribution is 2.28. The van der Waals surface area contributed by atoms with E-state index in [1.807, 2.05) is 0 Å². The van der Waals surface area contributed by atoms with Gasteiger partial charge < -0.3 is 19.5 Å². The molecule has 6 nitrogen and oxygen atoms in total. The van der Waals surface area contributed by atoms with Gasteiger partial charge in [-0.15, -0.1) is 0 Å². The van der Waals surface area contributed by atoms with Crippen LogP contribution in [0.25, 0.3) is 0 Å². The minimum absolute atomic E-state index is 0.0402. The lowest BCUT2D eigenvalue weighted by molar-refractivity contribution is -0.123. The molecule has 0 aliphatic heterocycles. The molecule has 0 saturated carbocycles. The Kier molecular flexibility index (Phi) is 7.01. The third-order valence-electron chi connectivity index (χ3n) is 3.54. The number of hydrogen-bond donors (Lipinski definition) is 1. The second-order valence-corrected chi connectivity index (χ2v) is 5.87. The van der Waals surface area contributed by atoms with Crippen LogP contribution in [-0.4, -0.2) is 31.7 Å². The summed E-state index contributed by atoms with van der Waals surface area (Å²) in [6, 6.07) is 8.11. The first-order chi connectivity index (χ1) is 12.8. The SMILES string of the molecule is CCOc1cc(C(=O)O[C@@H](C)C(=O)Nc2ccc(F)cc2Cl)ccc1OC. The monoisotopic (exact) mass is 395 g/mol. The molecule has 0 spiro atoms. The van der Waals surface area contributed by atoms with E-state index in [0.29, 0.717) is 18.1 Å². The number of methoxy groups -OCH3 is 1. The number of benzene rings is 2. The molecule has 1 atom stereocenters. The lowest BCUT2D eigenvalue weighted by Gasteiger charge is -2.15. The fourth-order valence-corrected chi connectivity index (χ4v) is 2.39. The third kappa shape index (κ3) is 5.34. The van der Waals surface area contributed by atoms with Gasteiger partial charge in [-0.2, -0.15) is 0 Å². The van der Waals surface area contributed by atoms with Crippen LogP contribution in [0.15, 0.2) is 36.4 Å². The number of amides is 1. The minimum atomic E-state index is -1.10. The molecule has 2 aromatic carbocycles. The Bertz CT molecular complexity index is 843. The van der Waals surface area contributed by atoms with Crippen molar-refractivity contribution in [1.82, 2.24) is 0 Å². The van der Waals surface area contributed by atoms with Gasteiger partial charge in [-0.25, -0.2) is 9.18 Å². The van der Waals surface area contributed by atoms with Crippen molar-refractivity contribution in [2.24, 2.45) is 0 Å². The topological polar surface area (TPSA) is 73.9 Å². The molecule has 0 unspecified atom stereocenters. The zero-order chi connectivity index (χ0) is 20.0. The molecule has 8 heteroatoms. The molecule has 2 rings (SSSR count). The Morgan fingerprint density at radius 1 is 1.19 bits per heavy atom. The first-order valence-corrected chi connectivity index (χ1v) is 8.51. The van der Waals surface area contributed by atoms with Crippen LogP contribution in [0.4, 0.5) is 10.1 Å². The Labute approximate surface area is 161 Å². The maximum atomic E-state index is 13.1. The molecule has 0 bridgehead atoms. The molecule has 0 aliphatic carbocycles. The van der Waals surface area contributed by atoms with Gasteiger partial charge in [-0.05, 0) is 50.2 Å². The molecular weight excluding hydrogens is 377 g/mol. The van der Waals surface area contributed by atoms with E-state index in [2.05, 4.69) is 5.32 Å². The smallest absolute Gasteiger partial charge is 0.339 e. The third-order valence-corrected chi connectivity index (χ3v) is 3.85. The van der Waals surface area contributed by atoms with Gasteiger partial charge in [0, 0.05) is 0 Å². The molecule has 0 heterocycles. The Hall–Kier alpha value is -2.80. The van der Waals surface area contributed by atoms with E-state index < -0.39 is 23.8 Å². The van der Waals surface area contributed by atoms with Crippen LogP contribution in [0.1, 0.15) is 24.2 Å². The van der Waals surface area contributed by atoms with Crippen LogP contribution in [0.3, 0.4) is 0 Å². The number of esters is 1. The van der Waals surface area contributed by atoms with Crippen LogP contribution in [0.5, 0.6) is 11.5 Å². The molecule has 1 amide bonds. The summed E-state index contributed by atoms with van der Waals surface area (Å²) in [6.07, 6.45) is -1.10. The zero-order valence-electron chi connectivity index (χ0n) is 15.0. The van der Waals surface area contributed by atoms with Gasteiger partial charge in [0.15, 0.2) is 17.6 Å². The van der Waals surface area contributed by atoms with Crippen LogP contribution in [0.2, 0.25) is 5.02 Å². The maximum absolute atomic E-state index is 13.1. The molecule has 2 aromatic rings. The first kappa shape index (κ1) is 20.5. The van der Waals surface area contributed by atoms with Crippen LogP contribution < -0.4 is 14.8 Å². The number of ether oxygens (including phenoxy) is 3.